The van der Waals surface area contributed by atoms with Gasteiger partial charge in [-0.3, -0.25) is 4.99 Å². The quantitative estimate of drug-likeness (QED) is 0.359. The lowest BCUT2D eigenvalue weighted by Gasteiger charge is -2.25. The van der Waals surface area contributed by atoms with Crippen molar-refractivity contribution in [2.24, 2.45) is 4.99 Å². The number of aromatic nitrogens is 3. The molecule has 148 valence electrons. The largest absolute Gasteiger partial charge is 0.494 e. The fourth-order valence-electron chi connectivity index (χ4n) is 3.08. The zero-order valence-electron chi connectivity index (χ0n) is 16.0. The van der Waals surface area contributed by atoms with Crippen molar-refractivity contribution >= 4 is 29.9 Å². The van der Waals surface area contributed by atoms with Crippen molar-refractivity contribution in [2.75, 3.05) is 20.2 Å². The molecule has 0 spiro atoms. The molecule has 0 bridgehead atoms. The lowest BCUT2D eigenvalue weighted by Crippen LogP contribution is -2.47. The lowest BCUT2D eigenvalue weighted by atomic mass is 10.1. The SMILES string of the molecule is CCCOc1cccc(CCNC(=NC)NC2CCc3ncnn3C2)c1.I. The van der Waals surface area contributed by atoms with Crippen LogP contribution < -0.4 is 15.4 Å². The van der Waals surface area contributed by atoms with E-state index < -0.39 is 0 Å². The van der Waals surface area contributed by atoms with Crippen molar-refractivity contribution < 1.29 is 4.74 Å². The molecule has 1 aliphatic heterocycles. The Kier molecular flexibility index (Phi) is 8.83. The molecule has 1 atom stereocenters. The number of hydrogen-bond acceptors (Lipinski definition) is 4. The first kappa shape index (κ1) is 21.5. The molecule has 1 aliphatic rings. The fourth-order valence-corrected chi connectivity index (χ4v) is 3.08. The van der Waals surface area contributed by atoms with Gasteiger partial charge in [-0.25, -0.2) is 9.67 Å². The van der Waals surface area contributed by atoms with E-state index in [1.165, 1.54) is 5.56 Å². The smallest absolute Gasteiger partial charge is 0.191 e. The Morgan fingerprint density at radius 2 is 2.30 bits per heavy atom. The Morgan fingerprint density at radius 3 is 3.11 bits per heavy atom. The number of benzene rings is 1. The molecule has 2 N–H and O–H groups in total. The highest BCUT2D eigenvalue weighted by molar-refractivity contribution is 14.0. The topological polar surface area (TPSA) is 76.4 Å². The van der Waals surface area contributed by atoms with Crippen LogP contribution in [0.2, 0.25) is 0 Å². The summed E-state index contributed by atoms with van der Waals surface area (Å²) < 4.78 is 7.67. The van der Waals surface area contributed by atoms with Gasteiger partial charge in [-0.1, -0.05) is 19.1 Å². The number of hydrogen-bond donors (Lipinski definition) is 2. The summed E-state index contributed by atoms with van der Waals surface area (Å²) in [5.74, 6) is 2.84. The third-order valence-corrected chi connectivity index (χ3v) is 4.45. The number of aliphatic imine (C=N–C) groups is 1. The van der Waals surface area contributed by atoms with E-state index in [0.29, 0.717) is 6.04 Å². The summed E-state index contributed by atoms with van der Waals surface area (Å²) in [7, 11) is 1.80. The monoisotopic (exact) mass is 484 g/mol. The van der Waals surface area contributed by atoms with Crippen molar-refractivity contribution in [2.45, 2.75) is 45.2 Å². The highest BCUT2D eigenvalue weighted by Crippen LogP contribution is 2.14. The van der Waals surface area contributed by atoms with Crippen LogP contribution in [0.4, 0.5) is 0 Å². The average Bonchev–Trinajstić information content (AvgIpc) is 3.13. The molecule has 1 aromatic heterocycles. The van der Waals surface area contributed by atoms with Gasteiger partial charge in [0, 0.05) is 26.1 Å². The normalized spacial score (nSPS) is 16.2. The fraction of sp³-hybridized carbons (Fsp3) is 0.526. The lowest BCUT2D eigenvalue weighted by molar-refractivity contribution is 0.317. The maximum Gasteiger partial charge on any atom is 0.191 e. The summed E-state index contributed by atoms with van der Waals surface area (Å²) >= 11 is 0. The van der Waals surface area contributed by atoms with E-state index in [9.17, 15) is 0 Å². The zero-order valence-corrected chi connectivity index (χ0v) is 18.3. The van der Waals surface area contributed by atoms with E-state index in [0.717, 1.165) is 62.9 Å². The Balaban J connectivity index is 0.00000261. The molecule has 0 saturated carbocycles. The molecule has 0 radical (unpaired) electrons. The first-order chi connectivity index (χ1) is 12.8. The van der Waals surface area contributed by atoms with Gasteiger partial charge < -0.3 is 15.4 Å². The predicted molar refractivity (Wildman–Crippen MR) is 118 cm³/mol. The highest BCUT2D eigenvalue weighted by Gasteiger charge is 2.20. The number of halogens is 1. The van der Waals surface area contributed by atoms with Gasteiger partial charge in [0.2, 0.25) is 0 Å². The van der Waals surface area contributed by atoms with E-state index in [4.69, 9.17) is 4.74 Å². The number of nitrogens with one attached hydrogen (secondary N) is 2. The maximum absolute atomic E-state index is 5.70. The van der Waals surface area contributed by atoms with Gasteiger partial charge in [-0.15, -0.1) is 24.0 Å². The predicted octanol–water partition coefficient (Wildman–Crippen LogP) is 2.41. The average molecular weight is 484 g/mol. The molecular weight excluding hydrogens is 455 g/mol. The molecule has 7 nitrogen and oxygen atoms in total. The van der Waals surface area contributed by atoms with Crippen molar-refractivity contribution in [1.82, 2.24) is 25.4 Å². The van der Waals surface area contributed by atoms with Gasteiger partial charge >= 0.3 is 0 Å². The van der Waals surface area contributed by atoms with E-state index in [2.05, 4.69) is 44.8 Å². The second-order valence-corrected chi connectivity index (χ2v) is 6.48. The van der Waals surface area contributed by atoms with E-state index in [1.807, 2.05) is 16.8 Å². The standard InChI is InChI=1S/C19H28N6O.HI/c1-3-11-26-17-6-4-5-15(12-17)9-10-21-19(20-2)24-16-7-8-18-22-14-23-25(18)13-16;/h4-6,12,14,16H,3,7-11,13H2,1-2H3,(H2,20,21,24);1H. The molecule has 1 unspecified atom stereocenters. The molecule has 0 amide bonds. The minimum atomic E-state index is 0. The Labute approximate surface area is 178 Å². The minimum absolute atomic E-state index is 0. The summed E-state index contributed by atoms with van der Waals surface area (Å²) in [6, 6.07) is 8.62. The van der Waals surface area contributed by atoms with Crippen LogP contribution in [0.3, 0.4) is 0 Å². The van der Waals surface area contributed by atoms with Crippen LogP contribution in [0.15, 0.2) is 35.6 Å². The zero-order chi connectivity index (χ0) is 18.2. The molecule has 3 rings (SSSR count). The van der Waals surface area contributed by atoms with Crippen molar-refractivity contribution in [3.63, 3.8) is 0 Å². The Morgan fingerprint density at radius 1 is 1.41 bits per heavy atom. The van der Waals surface area contributed by atoms with Crippen molar-refractivity contribution in [3.8, 4) is 5.75 Å². The molecule has 0 fully saturated rings. The molecule has 2 heterocycles. The van der Waals surface area contributed by atoms with Crippen LogP contribution in [-0.2, 0) is 19.4 Å². The van der Waals surface area contributed by atoms with Crippen LogP contribution in [0, 0.1) is 0 Å². The number of aryl methyl sites for hydroxylation is 1. The van der Waals surface area contributed by atoms with Gasteiger partial charge in [0.1, 0.15) is 17.9 Å². The number of ether oxygens (including phenoxy) is 1. The molecular formula is C19H29IN6O. The second-order valence-electron chi connectivity index (χ2n) is 6.48. The summed E-state index contributed by atoms with van der Waals surface area (Å²) in [6.45, 7) is 4.51. The maximum atomic E-state index is 5.70. The third kappa shape index (κ3) is 6.37. The molecule has 8 heteroatoms. The molecule has 1 aromatic carbocycles. The second kappa shape index (κ2) is 11.1. The Hall–Kier alpha value is -1.84. The van der Waals surface area contributed by atoms with Gasteiger partial charge in [-0.05, 0) is 37.0 Å². The summed E-state index contributed by atoms with van der Waals surface area (Å²) in [6.07, 6.45) is 5.55. The molecule has 27 heavy (non-hydrogen) atoms. The van der Waals surface area contributed by atoms with E-state index in [-0.39, 0.29) is 24.0 Å². The van der Waals surface area contributed by atoms with Gasteiger partial charge in [0.15, 0.2) is 5.96 Å². The van der Waals surface area contributed by atoms with Crippen molar-refractivity contribution in [3.05, 3.63) is 42.0 Å². The van der Waals surface area contributed by atoms with Crippen LogP contribution in [-0.4, -0.2) is 47.0 Å². The third-order valence-electron chi connectivity index (χ3n) is 4.45. The van der Waals surface area contributed by atoms with Crippen LogP contribution in [0.25, 0.3) is 0 Å². The van der Waals surface area contributed by atoms with Gasteiger partial charge in [0.25, 0.3) is 0 Å². The minimum Gasteiger partial charge on any atom is -0.494 e. The van der Waals surface area contributed by atoms with Gasteiger partial charge in [-0.2, -0.15) is 5.10 Å². The number of rotatable bonds is 7. The van der Waals surface area contributed by atoms with E-state index >= 15 is 0 Å². The van der Waals surface area contributed by atoms with Crippen LogP contribution in [0.1, 0.15) is 31.2 Å². The van der Waals surface area contributed by atoms with E-state index in [1.54, 1.807) is 13.4 Å². The number of nitrogens with zero attached hydrogens (tertiary/aromatic N) is 4. The first-order valence-corrected chi connectivity index (χ1v) is 9.34. The number of fused-ring (bicyclic) bond motifs is 1. The highest BCUT2D eigenvalue weighted by atomic mass is 127. The summed E-state index contributed by atoms with van der Waals surface area (Å²) in [5.41, 5.74) is 1.26. The van der Waals surface area contributed by atoms with Crippen molar-refractivity contribution in [1.29, 1.82) is 0 Å². The Bertz CT molecular complexity index is 732. The molecule has 2 aromatic rings. The van der Waals surface area contributed by atoms with Gasteiger partial charge in [0.05, 0.1) is 13.2 Å². The van der Waals surface area contributed by atoms with Crippen LogP contribution in [0.5, 0.6) is 5.75 Å². The summed E-state index contributed by atoms with van der Waals surface area (Å²) in [4.78, 5) is 8.61. The van der Waals surface area contributed by atoms with Crippen LogP contribution >= 0.6 is 24.0 Å². The number of guanidine groups is 1. The molecule has 0 aliphatic carbocycles. The first-order valence-electron chi connectivity index (χ1n) is 9.34. The summed E-state index contributed by atoms with van der Waals surface area (Å²) in [5, 5.41) is 11.2. The molecule has 0 saturated heterocycles.